The molecule has 0 saturated heterocycles. The molecule has 0 N–H and O–H groups in total. The van der Waals surface area contributed by atoms with Crippen LogP contribution in [0.3, 0.4) is 0 Å². The summed E-state index contributed by atoms with van der Waals surface area (Å²) in [5, 5.41) is 4.94. The van der Waals surface area contributed by atoms with Gasteiger partial charge >= 0.3 is 17.1 Å². The van der Waals surface area contributed by atoms with E-state index in [1.807, 2.05) is 0 Å². The molecule has 0 saturated carbocycles. The summed E-state index contributed by atoms with van der Waals surface area (Å²) in [6, 6.07) is 48.2. The molecule has 0 unspecified atom stereocenters. The van der Waals surface area contributed by atoms with E-state index in [0.29, 0.717) is 23.7 Å². The van der Waals surface area contributed by atoms with E-state index in [9.17, 15) is 0 Å². The Kier molecular flexibility index (Phi) is 11.0. The third kappa shape index (κ3) is 6.79. The smallest absolute Gasteiger partial charge is 0.683 e. The molecule has 0 bridgehead atoms. The molecular formula is C49H50B2CuN3+. The summed E-state index contributed by atoms with van der Waals surface area (Å²) >= 11 is 0. The normalized spacial score (nSPS) is 13.4. The van der Waals surface area contributed by atoms with Crippen LogP contribution in [0.4, 0.5) is 28.4 Å². The quantitative estimate of drug-likeness (QED) is 0.0939. The van der Waals surface area contributed by atoms with Crippen LogP contribution in [0.5, 0.6) is 0 Å². The van der Waals surface area contributed by atoms with Crippen LogP contribution in [0, 0.1) is 0 Å². The minimum Gasteiger partial charge on any atom is -0.683 e. The Morgan fingerprint density at radius 2 is 1.00 bits per heavy atom. The topological polar surface area (TPSA) is 20.4 Å². The molecular weight excluding hydrogens is 716 g/mol. The second-order valence-electron chi connectivity index (χ2n) is 16.2. The minimum atomic E-state index is 0. The van der Waals surface area contributed by atoms with E-state index < -0.39 is 0 Å². The molecule has 6 heteroatoms. The van der Waals surface area contributed by atoms with Crippen LogP contribution < -0.4 is 25.8 Å². The minimum absolute atomic E-state index is 0. The van der Waals surface area contributed by atoms with Gasteiger partial charge in [-0.25, -0.2) is 0 Å². The summed E-state index contributed by atoms with van der Waals surface area (Å²) in [6.07, 6.45) is 4.00. The predicted molar refractivity (Wildman–Crippen MR) is 236 cm³/mol. The molecule has 3 aliphatic rings. The number of nitrogens with zero attached hydrogens (tertiary/aromatic N) is 3. The van der Waals surface area contributed by atoms with Crippen molar-refractivity contribution in [3.63, 3.8) is 0 Å². The summed E-state index contributed by atoms with van der Waals surface area (Å²) < 4.78 is 2.39. The van der Waals surface area contributed by atoms with Crippen molar-refractivity contribution in [2.75, 3.05) is 4.81 Å². The first kappa shape index (κ1) is 38.5. The SMILES string of the molecule is CC(C)c1cccc(C(C)C)c1B1[C-]=[N+](c2c(C(C)C)cccc2C(C)C)c2ccccc21.[Cu+2].c1ccc2c(c1)[N-]B1c3ccccc3-c3ccccc3N12. The molecule has 6 aromatic carbocycles. The number of hydrogen-bond acceptors (Lipinski definition) is 1. The molecule has 0 spiro atoms. The largest absolute Gasteiger partial charge is 2.00 e. The second-order valence-corrected chi connectivity index (χ2v) is 16.2. The molecule has 0 fully saturated rings. The molecule has 1 radical (unpaired) electrons. The van der Waals surface area contributed by atoms with Crippen molar-refractivity contribution in [1.29, 1.82) is 0 Å². The Morgan fingerprint density at radius 3 is 1.62 bits per heavy atom. The second kappa shape index (κ2) is 15.8. The van der Waals surface area contributed by atoms with Gasteiger partial charge in [-0.05, 0) is 58.6 Å². The molecule has 0 atom stereocenters. The van der Waals surface area contributed by atoms with Crippen molar-refractivity contribution in [3.05, 3.63) is 161 Å². The Morgan fingerprint density at radius 1 is 0.509 bits per heavy atom. The fourth-order valence-electron chi connectivity index (χ4n) is 8.77. The molecule has 3 aliphatic heterocycles. The standard InChI is InChI=1S/C31H38BN.C18H12BN2.Cu/c1-20(2)24-13-11-14-25(21(3)4)30(24)32-19-33(29-18-10-9-17-28(29)32)31-26(22(5)6)15-12-16-27(31)23(7)8;1-3-9-15-13(7-1)14-8-2-5-11-17(14)21-18-12-6-4-10-16(18)20-19(15)21;/h9-18,20-23H,1-8H3;1-12H;/q;-1;+2. The van der Waals surface area contributed by atoms with E-state index in [4.69, 9.17) is 5.23 Å². The molecule has 277 valence electrons. The summed E-state index contributed by atoms with van der Waals surface area (Å²) in [5.74, 6) is 1.83. The summed E-state index contributed by atoms with van der Waals surface area (Å²) in [6.45, 7) is 18.6. The predicted octanol–water partition coefficient (Wildman–Crippen LogP) is 11.3. The third-order valence-corrected chi connectivity index (χ3v) is 11.4. The molecule has 3 nitrogen and oxygen atoms in total. The van der Waals surface area contributed by atoms with Gasteiger partial charge in [-0.3, -0.25) is 0 Å². The zero-order valence-electron chi connectivity index (χ0n) is 33.3. The molecule has 6 aromatic rings. The monoisotopic (exact) mass is 765 g/mol. The molecule has 0 aliphatic carbocycles. The third-order valence-electron chi connectivity index (χ3n) is 11.4. The van der Waals surface area contributed by atoms with Crippen LogP contribution in [0.25, 0.3) is 16.4 Å². The molecule has 0 aromatic heterocycles. The first-order valence-corrected chi connectivity index (χ1v) is 19.8. The number of rotatable bonds is 6. The van der Waals surface area contributed by atoms with Gasteiger partial charge in [0.25, 0.3) is 0 Å². The maximum atomic E-state index is 4.94. The number of anilines is 2. The van der Waals surface area contributed by atoms with Crippen molar-refractivity contribution >= 4 is 64.6 Å². The zero-order chi connectivity index (χ0) is 37.7. The maximum absolute atomic E-state index is 4.94. The van der Waals surface area contributed by atoms with Crippen molar-refractivity contribution in [2.24, 2.45) is 0 Å². The zero-order valence-corrected chi connectivity index (χ0v) is 34.3. The number of fused-ring (bicyclic) bond motifs is 9. The van der Waals surface area contributed by atoms with Crippen LogP contribution in [0.15, 0.2) is 133 Å². The van der Waals surface area contributed by atoms with Gasteiger partial charge in [-0.1, -0.05) is 198 Å². The van der Waals surface area contributed by atoms with Crippen molar-refractivity contribution in [2.45, 2.75) is 79.1 Å². The van der Waals surface area contributed by atoms with Crippen LogP contribution >= 0.6 is 0 Å². The summed E-state index contributed by atoms with van der Waals surface area (Å²) in [5.41, 5.74) is 18.5. The molecule has 0 amide bonds. The van der Waals surface area contributed by atoms with Gasteiger partial charge in [0, 0.05) is 16.9 Å². The van der Waals surface area contributed by atoms with Crippen molar-refractivity contribution in [3.8, 4) is 11.1 Å². The maximum Gasteiger partial charge on any atom is 2.00 e. The van der Waals surface area contributed by atoms with E-state index in [1.54, 1.807) is 0 Å². The molecule has 55 heavy (non-hydrogen) atoms. The van der Waals surface area contributed by atoms with Crippen LogP contribution in [-0.4, -0.2) is 19.8 Å². The van der Waals surface area contributed by atoms with Gasteiger partial charge in [0.15, 0.2) is 6.98 Å². The number of benzene rings is 6. The number of hydrogen-bond donors (Lipinski definition) is 0. The fraction of sp³-hybridized carbons (Fsp3) is 0.245. The van der Waals surface area contributed by atoms with Gasteiger partial charge in [-0.15, -0.1) is 5.69 Å². The first-order chi connectivity index (χ1) is 26.2. The van der Waals surface area contributed by atoms with Gasteiger partial charge in [-0.2, -0.15) is 0 Å². The summed E-state index contributed by atoms with van der Waals surface area (Å²) in [4.78, 5) is 2.35. The van der Waals surface area contributed by atoms with E-state index in [0.717, 1.165) is 5.69 Å². The fourth-order valence-corrected chi connectivity index (χ4v) is 8.77. The van der Waals surface area contributed by atoms with Crippen molar-refractivity contribution < 1.29 is 17.1 Å². The van der Waals surface area contributed by atoms with Gasteiger partial charge < -0.3 is 14.6 Å². The Bertz CT molecular complexity index is 2330. The average molecular weight is 766 g/mol. The van der Waals surface area contributed by atoms with E-state index in [-0.39, 0.29) is 30.8 Å². The van der Waals surface area contributed by atoms with Crippen LogP contribution in [0.1, 0.15) is 101 Å². The molecule has 9 rings (SSSR count). The van der Waals surface area contributed by atoms with Crippen LogP contribution in [-0.2, 0) is 17.1 Å². The van der Waals surface area contributed by atoms with E-state index in [1.165, 1.54) is 72.5 Å². The van der Waals surface area contributed by atoms with Gasteiger partial charge in [0.2, 0.25) is 6.71 Å². The van der Waals surface area contributed by atoms with Gasteiger partial charge in [0.05, 0.1) is 11.8 Å². The van der Waals surface area contributed by atoms with E-state index in [2.05, 4.69) is 204 Å². The Hall–Kier alpha value is -4.76. The average Bonchev–Trinajstić information content (AvgIpc) is 3.77. The van der Waals surface area contributed by atoms with E-state index >= 15 is 0 Å². The van der Waals surface area contributed by atoms with Crippen LogP contribution in [0.2, 0.25) is 0 Å². The number of para-hydroxylation sites is 4. The summed E-state index contributed by atoms with van der Waals surface area (Å²) in [7, 11) is 0. The molecule has 3 heterocycles. The van der Waals surface area contributed by atoms with Gasteiger partial charge in [0.1, 0.15) is 5.69 Å². The Balaban J connectivity index is 0.000000181. The Labute approximate surface area is 340 Å². The first-order valence-electron chi connectivity index (χ1n) is 19.8. The van der Waals surface area contributed by atoms with Crippen molar-refractivity contribution in [1.82, 2.24) is 4.58 Å².